The third-order valence-corrected chi connectivity index (χ3v) is 2.67. The molecule has 0 rings (SSSR count). The van der Waals surface area contributed by atoms with Crippen LogP contribution in [0.1, 0.15) is 34.1 Å². The van der Waals surface area contributed by atoms with Gasteiger partial charge in [-0.2, -0.15) is 0 Å². The Balaban J connectivity index is 3.86. The molecule has 0 aromatic rings. The number of esters is 1. The van der Waals surface area contributed by atoms with Gasteiger partial charge in [0.25, 0.3) is 0 Å². The van der Waals surface area contributed by atoms with E-state index < -0.39 is 0 Å². The van der Waals surface area contributed by atoms with E-state index in [1.165, 1.54) is 7.11 Å². The van der Waals surface area contributed by atoms with Crippen LogP contribution in [0, 0.1) is 17.8 Å². The number of methoxy groups -OCH3 is 1. The van der Waals surface area contributed by atoms with Crippen LogP contribution < -0.4 is 0 Å². The lowest BCUT2D eigenvalue weighted by atomic mass is 9.84. The highest BCUT2D eigenvalue weighted by atomic mass is 16.5. The van der Waals surface area contributed by atoms with Gasteiger partial charge in [-0.25, -0.2) is 0 Å². The van der Waals surface area contributed by atoms with Gasteiger partial charge in [-0.05, 0) is 17.8 Å². The van der Waals surface area contributed by atoms with Crippen molar-refractivity contribution < 1.29 is 9.53 Å². The molecule has 12 heavy (non-hydrogen) atoms. The molecule has 0 fully saturated rings. The first kappa shape index (κ1) is 11.5. The maximum atomic E-state index is 10.9. The molecule has 0 amide bonds. The van der Waals surface area contributed by atoms with E-state index in [1.807, 2.05) is 0 Å². The van der Waals surface area contributed by atoms with Crippen LogP contribution in [-0.4, -0.2) is 13.1 Å². The summed E-state index contributed by atoms with van der Waals surface area (Å²) >= 11 is 0. The molecule has 0 saturated carbocycles. The predicted octanol–water partition coefficient (Wildman–Crippen LogP) is 2.48. The molecule has 0 radical (unpaired) electrons. The first-order valence-electron chi connectivity index (χ1n) is 4.55. The highest BCUT2D eigenvalue weighted by molar-refractivity contribution is 5.69. The minimum absolute atomic E-state index is 0.102. The summed E-state index contributed by atoms with van der Waals surface area (Å²) in [6, 6.07) is 0. The molecule has 0 bridgehead atoms. The van der Waals surface area contributed by atoms with Crippen molar-refractivity contribution in [1.82, 2.24) is 0 Å². The van der Waals surface area contributed by atoms with Gasteiger partial charge in [0.15, 0.2) is 0 Å². The third-order valence-electron chi connectivity index (χ3n) is 2.67. The van der Waals surface area contributed by atoms with Crippen LogP contribution in [0.5, 0.6) is 0 Å². The largest absolute Gasteiger partial charge is 0.469 e. The topological polar surface area (TPSA) is 26.3 Å². The van der Waals surface area contributed by atoms with E-state index in [4.69, 9.17) is 0 Å². The molecule has 0 saturated heterocycles. The predicted molar refractivity (Wildman–Crippen MR) is 49.8 cm³/mol. The Hall–Kier alpha value is -0.530. The molecule has 2 nitrogen and oxygen atoms in total. The Bertz CT molecular complexity index is 141. The molecule has 0 unspecified atom stereocenters. The molecule has 2 heteroatoms. The van der Waals surface area contributed by atoms with Gasteiger partial charge in [-0.3, -0.25) is 4.79 Å². The van der Waals surface area contributed by atoms with E-state index in [2.05, 4.69) is 32.4 Å². The van der Waals surface area contributed by atoms with Gasteiger partial charge in [0.2, 0.25) is 0 Å². The molecular weight excluding hydrogens is 152 g/mol. The summed E-state index contributed by atoms with van der Waals surface area (Å²) in [5.74, 6) is 1.52. The second-order valence-corrected chi connectivity index (χ2v) is 3.86. The molecule has 72 valence electrons. The Morgan fingerprint density at radius 3 is 2.08 bits per heavy atom. The summed E-state index contributed by atoms with van der Waals surface area (Å²) in [6.45, 7) is 8.64. The molecule has 0 aliphatic heterocycles. The summed E-state index contributed by atoms with van der Waals surface area (Å²) in [7, 11) is 1.44. The van der Waals surface area contributed by atoms with Crippen LogP contribution in [0.4, 0.5) is 0 Å². The van der Waals surface area contributed by atoms with Gasteiger partial charge in [0, 0.05) is 6.42 Å². The normalized spacial score (nSPS) is 15.8. The van der Waals surface area contributed by atoms with Crippen molar-refractivity contribution in [3.05, 3.63) is 0 Å². The Labute approximate surface area is 75.3 Å². The summed E-state index contributed by atoms with van der Waals surface area (Å²) in [5, 5.41) is 0. The third kappa shape index (κ3) is 3.74. The Morgan fingerprint density at radius 2 is 1.75 bits per heavy atom. The summed E-state index contributed by atoms with van der Waals surface area (Å²) in [4.78, 5) is 10.9. The second-order valence-electron chi connectivity index (χ2n) is 3.86. The Morgan fingerprint density at radius 1 is 1.25 bits per heavy atom. The number of ether oxygens (including phenoxy) is 1. The van der Waals surface area contributed by atoms with Crippen LogP contribution in [0.15, 0.2) is 0 Å². The van der Waals surface area contributed by atoms with Crippen molar-refractivity contribution in [2.75, 3.05) is 7.11 Å². The average molecular weight is 172 g/mol. The standard InChI is InChI=1S/C10H20O2/c1-7(2)9(4)8(3)6-10(11)12-5/h7-9H,6H2,1-5H3/t8-,9+/m0/s1. The fourth-order valence-electron chi connectivity index (χ4n) is 1.19. The zero-order valence-corrected chi connectivity index (χ0v) is 8.76. The summed E-state index contributed by atoms with van der Waals surface area (Å²) < 4.78 is 4.61. The highest BCUT2D eigenvalue weighted by Crippen LogP contribution is 2.22. The lowest BCUT2D eigenvalue weighted by molar-refractivity contribution is -0.142. The quantitative estimate of drug-likeness (QED) is 0.609. The number of hydrogen-bond donors (Lipinski definition) is 0. The van der Waals surface area contributed by atoms with E-state index in [0.717, 1.165) is 0 Å². The van der Waals surface area contributed by atoms with Crippen LogP contribution in [0.25, 0.3) is 0 Å². The second kappa shape index (κ2) is 5.18. The Kier molecular flexibility index (Phi) is 4.95. The minimum atomic E-state index is -0.102. The van der Waals surface area contributed by atoms with Crippen molar-refractivity contribution in [2.24, 2.45) is 17.8 Å². The molecule has 0 aromatic heterocycles. The fraction of sp³-hybridized carbons (Fsp3) is 0.900. The van der Waals surface area contributed by atoms with E-state index in [1.54, 1.807) is 0 Å². The first-order valence-corrected chi connectivity index (χ1v) is 4.55. The van der Waals surface area contributed by atoms with Gasteiger partial charge < -0.3 is 4.74 Å². The molecule has 0 heterocycles. The van der Waals surface area contributed by atoms with E-state index in [9.17, 15) is 4.79 Å². The summed E-state index contributed by atoms with van der Waals surface area (Å²) in [6.07, 6.45) is 0.538. The van der Waals surface area contributed by atoms with Crippen LogP contribution in [-0.2, 0) is 9.53 Å². The SMILES string of the molecule is COC(=O)C[C@H](C)[C@H](C)C(C)C. The van der Waals surface area contributed by atoms with E-state index in [0.29, 0.717) is 24.2 Å². The highest BCUT2D eigenvalue weighted by Gasteiger charge is 2.18. The van der Waals surface area contributed by atoms with Gasteiger partial charge in [0.05, 0.1) is 7.11 Å². The molecule has 0 aliphatic rings. The summed E-state index contributed by atoms with van der Waals surface area (Å²) in [5.41, 5.74) is 0. The lowest BCUT2D eigenvalue weighted by Gasteiger charge is -2.22. The van der Waals surface area contributed by atoms with Crippen molar-refractivity contribution >= 4 is 5.97 Å². The minimum Gasteiger partial charge on any atom is -0.469 e. The molecule has 0 N–H and O–H groups in total. The maximum Gasteiger partial charge on any atom is 0.305 e. The first-order chi connectivity index (χ1) is 5.49. The zero-order valence-electron chi connectivity index (χ0n) is 8.76. The zero-order chi connectivity index (χ0) is 9.72. The maximum absolute atomic E-state index is 10.9. The van der Waals surface area contributed by atoms with Crippen molar-refractivity contribution in [3.63, 3.8) is 0 Å². The smallest absolute Gasteiger partial charge is 0.305 e. The molecule has 0 spiro atoms. The van der Waals surface area contributed by atoms with Crippen molar-refractivity contribution in [1.29, 1.82) is 0 Å². The average Bonchev–Trinajstić information content (AvgIpc) is 2.02. The van der Waals surface area contributed by atoms with Gasteiger partial charge in [-0.15, -0.1) is 0 Å². The molecule has 0 aliphatic carbocycles. The van der Waals surface area contributed by atoms with Gasteiger partial charge >= 0.3 is 5.97 Å². The van der Waals surface area contributed by atoms with Crippen LogP contribution in [0.3, 0.4) is 0 Å². The van der Waals surface area contributed by atoms with E-state index >= 15 is 0 Å². The number of carbonyl (C=O) groups excluding carboxylic acids is 1. The number of hydrogen-bond acceptors (Lipinski definition) is 2. The van der Waals surface area contributed by atoms with Crippen molar-refractivity contribution in [2.45, 2.75) is 34.1 Å². The van der Waals surface area contributed by atoms with Crippen LogP contribution >= 0.6 is 0 Å². The molecular formula is C10H20O2. The van der Waals surface area contributed by atoms with E-state index in [-0.39, 0.29) is 5.97 Å². The molecule has 2 atom stereocenters. The number of carbonyl (C=O) groups is 1. The van der Waals surface area contributed by atoms with Crippen molar-refractivity contribution in [3.8, 4) is 0 Å². The van der Waals surface area contributed by atoms with Gasteiger partial charge in [0.1, 0.15) is 0 Å². The van der Waals surface area contributed by atoms with Crippen LogP contribution in [0.2, 0.25) is 0 Å². The van der Waals surface area contributed by atoms with Gasteiger partial charge in [-0.1, -0.05) is 27.7 Å². The number of rotatable bonds is 4. The molecule has 0 aromatic carbocycles. The monoisotopic (exact) mass is 172 g/mol. The fourth-order valence-corrected chi connectivity index (χ4v) is 1.19. The lowest BCUT2D eigenvalue weighted by Crippen LogP contribution is -2.18.